The Hall–Kier alpha value is -3.00. The molecule has 33 heavy (non-hydrogen) atoms. The van der Waals surface area contributed by atoms with Crippen molar-refractivity contribution in [3.63, 3.8) is 0 Å². The van der Waals surface area contributed by atoms with Crippen molar-refractivity contribution in [3.05, 3.63) is 47.8 Å². The molecule has 8 heteroatoms. The van der Waals surface area contributed by atoms with E-state index >= 15 is 0 Å². The number of piperidine rings is 1. The Bertz CT molecular complexity index is 1140. The number of aliphatic hydroxyl groups excluding tert-OH is 1. The van der Waals surface area contributed by atoms with Crippen LogP contribution in [-0.2, 0) is 5.67 Å². The summed E-state index contributed by atoms with van der Waals surface area (Å²) in [4.78, 5) is 18.2. The third kappa shape index (κ3) is 4.19. The second kappa shape index (κ2) is 8.74. The fraction of sp³-hybridized carbons (Fsp3) is 0.480. The van der Waals surface area contributed by atoms with E-state index in [4.69, 9.17) is 14.7 Å². The van der Waals surface area contributed by atoms with Gasteiger partial charge in [-0.2, -0.15) is 0 Å². The molecule has 7 nitrogen and oxygen atoms in total. The lowest BCUT2D eigenvalue weighted by Crippen LogP contribution is -2.34. The van der Waals surface area contributed by atoms with Crippen molar-refractivity contribution in [1.29, 1.82) is 0 Å². The van der Waals surface area contributed by atoms with E-state index in [1.807, 2.05) is 36.2 Å². The third-order valence-corrected chi connectivity index (χ3v) is 6.80. The number of halogens is 1. The summed E-state index contributed by atoms with van der Waals surface area (Å²) in [5.41, 5.74) is 1.16. The minimum absolute atomic E-state index is 0.0410. The molecule has 2 aromatic heterocycles. The third-order valence-electron chi connectivity index (χ3n) is 6.80. The van der Waals surface area contributed by atoms with Crippen molar-refractivity contribution in [3.8, 4) is 5.75 Å². The number of hydrogen-bond donors (Lipinski definition) is 1. The van der Waals surface area contributed by atoms with Gasteiger partial charge in [0.05, 0.1) is 19.2 Å². The van der Waals surface area contributed by atoms with Gasteiger partial charge in [-0.25, -0.2) is 19.3 Å². The van der Waals surface area contributed by atoms with Crippen LogP contribution in [0.1, 0.15) is 43.0 Å². The number of rotatable bonds is 7. The summed E-state index contributed by atoms with van der Waals surface area (Å²) in [6.07, 6.45) is 2.84. The Balaban J connectivity index is 1.48. The lowest BCUT2D eigenvalue weighted by atomic mass is 9.89. The normalized spacial score (nSPS) is 17.9. The Morgan fingerprint density at radius 1 is 1.12 bits per heavy atom. The maximum atomic E-state index is 15.0. The monoisotopic (exact) mass is 451 g/mol. The minimum atomic E-state index is -1.41. The molecule has 0 radical (unpaired) electrons. The number of aliphatic hydroxyl groups is 1. The van der Waals surface area contributed by atoms with Gasteiger partial charge in [0.1, 0.15) is 17.1 Å². The van der Waals surface area contributed by atoms with E-state index < -0.39 is 5.67 Å². The second-order valence-corrected chi connectivity index (χ2v) is 9.02. The first-order valence-electron chi connectivity index (χ1n) is 11.6. The van der Waals surface area contributed by atoms with E-state index in [2.05, 4.69) is 22.0 Å². The fourth-order valence-corrected chi connectivity index (χ4v) is 4.63. The van der Waals surface area contributed by atoms with Gasteiger partial charge < -0.3 is 19.6 Å². The van der Waals surface area contributed by atoms with Crippen molar-refractivity contribution in [2.24, 2.45) is 0 Å². The molecule has 5 rings (SSSR count). The Morgan fingerprint density at radius 2 is 1.88 bits per heavy atom. The van der Waals surface area contributed by atoms with Crippen molar-refractivity contribution in [2.75, 3.05) is 50.2 Å². The van der Waals surface area contributed by atoms with Gasteiger partial charge in [0.2, 0.25) is 0 Å². The molecule has 0 spiro atoms. The van der Waals surface area contributed by atoms with Crippen LogP contribution in [0.3, 0.4) is 0 Å². The number of alkyl halides is 1. The first kappa shape index (κ1) is 21.8. The van der Waals surface area contributed by atoms with Crippen LogP contribution in [0.25, 0.3) is 11.0 Å². The van der Waals surface area contributed by atoms with Crippen LogP contribution < -0.4 is 14.5 Å². The highest BCUT2D eigenvalue weighted by Gasteiger charge is 2.48. The molecule has 3 aromatic rings. The molecule has 1 N–H and O–H groups in total. The van der Waals surface area contributed by atoms with Crippen LogP contribution in [0.4, 0.5) is 16.0 Å². The van der Waals surface area contributed by atoms with E-state index in [0.29, 0.717) is 42.2 Å². The summed E-state index contributed by atoms with van der Waals surface area (Å²) in [7, 11) is 3.60. The van der Waals surface area contributed by atoms with E-state index in [1.54, 1.807) is 7.11 Å². The van der Waals surface area contributed by atoms with Crippen LogP contribution in [0.2, 0.25) is 0 Å². The fourth-order valence-electron chi connectivity index (χ4n) is 4.63. The SMILES string of the molecule is COc1ccccc1C1CCN(c2nc(C3(F)CC3)nc3ccc(N(C)CCO)nc23)CC1. The van der Waals surface area contributed by atoms with E-state index in [1.165, 1.54) is 5.56 Å². The number of anilines is 2. The second-order valence-electron chi connectivity index (χ2n) is 9.02. The van der Waals surface area contributed by atoms with Gasteiger partial charge in [0.25, 0.3) is 0 Å². The zero-order valence-corrected chi connectivity index (χ0v) is 19.2. The number of aromatic nitrogens is 3. The van der Waals surface area contributed by atoms with Gasteiger partial charge in [-0.15, -0.1) is 0 Å². The number of para-hydroxylation sites is 1. The van der Waals surface area contributed by atoms with Crippen molar-refractivity contribution in [1.82, 2.24) is 15.0 Å². The zero-order chi connectivity index (χ0) is 23.0. The van der Waals surface area contributed by atoms with E-state index in [9.17, 15) is 9.50 Å². The summed E-state index contributed by atoms with van der Waals surface area (Å²) in [5, 5.41) is 9.31. The van der Waals surface area contributed by atoms with E-state index in [0.717, 1.165) is 37.5 Å². The summed E-state index contributed by atoms with van der Waals surface area (Å²) < 4.78 is 20.5. The van der Waals surface area contributed by atoms with Gasteiger partial charge in [0, 0.05) is 26.7 Å². The molecule has 3 heterocycles. The van der Waals surface area contributed by atoms with Crippen LogP contribution in [0.5, 0.6) is 5.75 Å². The topological polar surface area (TPSA) is 74.6 Å². The first-order valence-corrected chi connectivity index (χ1v) is 11.6. The summed E-state index contributed by atoms with van der Waals surface area (Å²) >= 11 is 0. The Kier molecular flexibility index (Phi) is 5.78. The molecule has 2 fully saturated rings. The quantitative estimate of drug-likeness (QED) is 0.586. The molecular weight excluding hydrogens is 421 g/mol. The first-order chi connectivity index (χ1) is 16.0. The number of ether oxygens (including phenoxy) is 1. The standard InChI is InChI=1S/C25H30FN5O2/c1-30(15-16-32)21-8-7-19-22(28-21)23(29-24(27-19)25(26)11-12-25)31-13-9-17(10-14-31)18-5-3-4-6-20(18)33-2/h3-8,17,32H,9-16H2,1-2H3. The molecule has 0 atom stereocenters. The Morgan fingerprint density at radius 3 is 2.58 bits per heavy atom. The average Bonchev–Trinajstić information content (AvgIpc) is 3.61. The lowest BCUT2D eigenvalue weighted by molar-refractivity contribution is 0.301. The van der Waals surface area contributed by atoms with Gasteiger partial charge in [-0.1, -0.05) is 18.2 Å². The van der Waals surface area contributed by atoms with Gasteiger partial charge >= 0.3 is 0 Å². The van der Waals surface area contributed by atoms with Crippen LogP contribution >= 0.6 is 0 Å². The van der Waals surface area contributed by atoms with Crippen molar-refractivity contribution < 1.29 is 14.2 Å². The number of benzene rings is 1. The number of fused-ring (bicyclic) bond motifs is 1. The highest BCUT2D eigenvalue weighted by Crippen LogP contribution is 2.49. The van der Waals surface area contributed by atoms with Crippen molar-refractivity contribution in [2.45, 2.75) is 37.3 Å². The molecule has 1 aliphatic carbocycles. The Labute approximate surface area is 193 Å². The number of methoxy groups -OCH3 is 1. The number of pyridine rings is 1. The summed E-state index contributed by atoms with van der Waals surface area (Å²) in [6, 6.07) is 11.9. The number of likely N-dealkylation sites (N-methyl/N-ethyl adjacent to an activating group) is 1. The molecule has 1 aliphatic heterocycles. The summed E-state index contributed by atoms with van der Waals surface area (Å²) in [6.45, 7) is 2.11. The maximum Gasteiger partial charge on any atom is 0.170 e. The molecule has 0 bridgehead atoms. The largest absolute Gasteiger partial charge is 0.496 e. The number of nitrogens with zero attached hydrogens (tertiary/aromatic N) is 5. The maximum absolute atomic E-state index is 15.0. The zero-order valence-electron chi connectivity index (χ0n) is 19.2. The summed E-state index contributed by atoms with van der Waals surface area (Å²) in [5.74, 6) is 3.04. The molecule has 1 saturated heterocycles. The van der Waals surface area contributed by atoms with Crippen LogP contribution in [0, 0.1) is 0 Å². The van der Waals surface area contributed by atoms with Crippen LogP contribution in [0.15, 0.2) is 36.4 Å². The molecule has 0 unspecified atom stereocenters. The highest BCUT2D eigenvalue weighted by molar-refractivity contribution is 5.87. The highest BCUT2D eigenvalue weighted by atomic mass is 19.1. The minimum Gasteiger partial charge on any atom is -0.496 e. The molecular formula is C25H30FN5O2. The van der Waals surface area contributed by atoms with Crippen LogP contribution in [-0.4, -0.2) is 60.5 Å². The van der Waals surface area contributed by atoms with Gasteiger partial charge in [0.15, 0.2) is 17.3 Å². The average molecular weight is 452 g/mol. The smallest absolute Gasteiger partial charge is 0.170 e. The number of hydrogen-bond acceptors (Lipinski definition) is 7. The van der Waals surface area contributed by atoms with Gasteiger partial charge in [-0.05, 0) is 55.4 Å². The molecule has 174 valence electrons. The lowest BCUT2D eigenvalue weighted by Gasteiger charge is -2.34. The predicted molar refractivity (Wildman–Crippen MR) is 127 cm³/mol. The van der Waals surface area contributed by atoms with Crippen molar-refractivity contribution >= 4 is 22.7 Å². The molecule has 1 saturated carbocycles. The van der Waals surface area contributed by atoms with Gasteiger partial charge in [-0.3, -0.25) is 0 Å². The predicted octanol–water partition coefficient (Wildman–Crippen LogP) is 3.80. The molecule has 2 aliphatic rings. The molecule has 0 amide bonds. The van der Waals surface area contributed by atoms with E-state index in [-0.39, 0.29) is 12.4 Å². The molecule has 1 aromatic carbocycles.